The van der Waals surface area contributed by atoms with E-state index in [-0.39, 0.29) is 11.3 Å². The van der Waals surface area contributed by atoms with Crippen LogP contribution in [0.3, 0.4) is 0 Å². The number of para-hydroxylation sites is 1. The van der Waals surface area contributed by atoms with Crippen molar-refractivity contribution in [3.63, 3.8) is 0 Å². The van der Waals surface area contributed by atoms with Crippen molar-refractivity contribution in [1.29, 1.82) is 0 Å². The molecule has 1 aromatic carbocycles. The molecule has 1 amide bonds. The highest BCUT2D eigenvalue weighted by atomic mass is 127. The first kappa shape index (κ1) is 11.6. The fourth-order valence-electron chi connectivity index (χ4n) is 0.906. The number of hydrogen-bond acceptors (Lipinski definition) is 3. The van der Waals surface area contributed by atoms with Crippen LogP contribution in [0.2, 0.25) is 0 Å². The highest BCUT2D eigenvalue weighted by Gasteiger charge is 2.12. The summed E-state index contributed by atoms with van der Waals surface area (Å²) >= 11 is -0.679. The van der Waals surface area contributed by atoms with Gasteiger partial charge in [0.25, 0.3) is 0 Å². The van der Waals surface area contributed by atoms with Crippen LogP contribution in [0.15, 0.2) is 24.3 Å². The van der Waals surface area contributed by atoms with Gasteiger partial charge in [-0.25, -0.2) is 9.59 Å². The van der Waals surface area contributed by atoms with E-state index >= 15 is 0 Å². The summed E-state index contributed by atoms with van der Waals surface area (Å²) in [5.41, 5.74) is -0.0464. The van der Waals surface area contributed by atoms with Crippen molar-refractivity contribution < 1.29 is 19.4 Å². The molecule has 6 heteroatoms. The number of carbonyl (C=O) groups is 2. The van der Waals surface area contributed by atoms with Crippen molar-refractivity contribution >= 4 is 37.6 Å². The van der Waals surface area contributed by atoms with Crippen LogP contribution < -0.4 is 8.27 Å². The number of benzene rings is 1. The number of hydrogen-bond donors (Lipinski definition) is 2. The molecular weight excluding hydrogens is 313 g/mol. The molecule has 0 fully saturated rings. The SMILES string of the molecule is C=INC(=O)Oc1ccccc1C(=O)O. The molecular formula is C9H8INO4. The Labute approximate surface area is 96.2 Å². The van der Waals surface area contributed by atoms with Gasteiger partial charge in [0.2, 0.25) is 0 Å². The first-order valence-corrected chi connectivity index (χ1v) is 6.43. The molecule has 5 nitrogen and oxygen atoms in total. The number of aromatic carboxylic acids is 1. The van der Waals surface area contributed by atoms with Gasteiger partial charge in [0.05, 0.1) is 0 Å². The Morgan fingerprint density at radius 2 is 2.07 bits per heavy atom. The zero-order valence-electron chi connectivity index (χ0n) is 7.57. The van der Waals surface area contributed by atoms with E-state index < -0.39 is 33.1 Å². The second-order valence-corrected chi connectivity index (χ2v) is 3.72. The van der Waals surface area contributed by atoms with Crippen LogP contribution in [0.4, 0.5) is 4.79 Å². The largest absolute Gasteiger partial charge is 0.478 e. The molecule has 0 aliphatic rings. The van der Waals surface area contributed by atoms with Gasteiger partial charge in [-0.1, -0.05) is 12.1 Å². The fraction of sp³-hybridized carbons (Fsp3) is 0. The minimum absolute atomic E-state index is 0.0277. The van der Waals surface area contributed by atoms with Gasteiger partial charge >= 0.3 is 12.1 Å². The summed E-state index contributed by atoms with van der Waals surface area (Å²) in [5, 5.41) is 8.79. The molecule has 0 bridgehead atoms. The Hall–Kier alpha value is -1.44. The number of carboxylic acids is 1. The van der Waals surface area contributed by atoms with Crippen LogP contribution in [-0.4, -0.2) is 21.7 Å². The summed E-state index contributed by atoms with van der Waals surface area (Å²) in [5.74, 6) is -1.11. The molecule has 0 aromatic heterocycles. The average Bonchev–Trinajstić information content (AvgIpc) is 2.18. The van der Waals surface area contributed by atoms with E-state index in [0.29, 0.717) is 0 Å². The third-order valence-electron chi connectivity index (χ3n) is 1.46. The van der Waals surface area contributed by atoms with Gasteiger partial charge in [0.15, 0.2) is 0 Å². The van der Waals surface area contributed by atoms with Gasteiger partial charge in [-0.3, -0.25) is 3.53 Å². The Morgan fingerprint density at radius 1 is 1.40 bits per heavy atom. The van der Waals surface area contributed by atoms with E-state index in [4.69, 9.17) is 9.84 Å². The van der Waals surface area contributed by atoms with Crippen LogP contribution in [0.1, 0.15) is 10.4 Å². The van der Waals surface area contributed by atoms with Crippen molar-refractivity contribution in [2.24, 2.45) is 0 Å². The number of halogens is 1. The molecule has 0 unspecified atom stereocenters. The number of carbonyl (C=O) groups excluding carboxylic acids is 1. The first-order valence-electron chi connectivity index (χ1n) is 3.82. The molecule has 0 atom stereocenters. The highest BCUT2D eigenvalue weighted by Crippen LogP contribution is 2.17. The topological polar surface area (TPSA) is 75.6 Å². The third kappa shape index (κ3) is 3.31. The Bertz CT molecular complexity index is 405. The molecule has 0 spiro atoms. The Balaban J connectivity index is 2.89. The smallest absolute Gasteiger partial charge is 0.421 e. The summed E-state index contributed by atoms with van der Waals surface area (Å²) in [7, 11) is 0. The van der Waals surface area contributed by atoms with Crippen LogP contribution in [0.5, 0.6) is 5.75 Å². The van der Waals surface area contributed by atoms with Gasteiger partial charge in [0, 0.05) is 0 Å². The number of amides is 1. The summed E-state index contributed by atoms with van der Waals surface area (Å²) in [6.45, 7) is 0. The number of nitrogens with one attached hydrogen (secondary N) is 1. The quantitative estimate of drug-likeness (QED) is 0.657. The standard InChI is InChI=1S/C9H8INO4/c1-10-11-9(14)15-7-5-3-2-4-6(7)8(12)13/h2-5H,1H2,(H,11,14)(H,12,13). The number of rotatable bonds is 3. The molecule has 1 aromatic rings. The third-order valence-corrected chi connectivity index (χ3v) is 2.29. The molecule has 0 radical (unpaired) electrons. The fourth-order valence-corrected chi connectivity index (χ4v) is 1.33. The highest BCUT2D eigenvalue weighted by molar-refractivity contribution is 14.2. The van der Waals surface area contributed by atoms with E-state index in [1.54, 1.807) is 12.1 Å². The molecule has 0 saturated heterocycles. The average molecular weight is 321 g/mol. The summed E-state index contributed by atoms with van der Waals surface area (Å²) in [6.07, 6.45) is -0.675. The maximum Gasteiger partial charge on any atom is 0.421 e. The lowest BCUT2D eigenvalue weighted by Gasteiger charge is -2.05. The second-order valence-electron chi connectivity index (χ2n) is 2.42. The van der Waals surface area contributed by atoms with Gasteiger partial charge in [-0.2, -0.15) is 0 Å². The van der Waals surface area contributed by atoms with Crippen molar-refractivity contribution in [1.82, 2.24) is 3.53 Å². The summed E-state index contributed by atoms with van der Waals surface area (Å²) in [4.78, 5) is 21.8. The molecule has 80 valence electrons. The van der Waals surface area contributed by atoms with E-state index in [9.17, 15) is 9.59 Å². The molecule has 0 saturated carbocycles. The van der Waals surface area contributed by atoms with Crippen LogP contribution >= 0.6 is 21.0 Å². The lowest BCUT2D eigenvalue weighted by atomic mass is 10.2. The van der Waals surface area contributed by atoms with E-state index in [0.717, 1.165) is 0 Å². The predicted octanol–water partition coefficient (Wildman–Crippen LogP) is 1.79. The minimum Gasteiger partial charge on any atom is -0.478 e. The second kappa shape index (κ2) is 5.44. The monoisotopic (exact) mass is 321 g/mol. The summed E-state index contributed by atoms with van der Waals surface area (Å²) < 4.78 is 10.7. The van der Waals surface area contributed by atoms with Crippen LogP contribution in [0.25, 0.3) is 0 Å². The zero-order chi connectivity index (χ0) is 11.3. The molecule has 0 aliphatic carbocycles. The maximum atomic E-state index is 11.0. The van der Waals surface area contributed by atoms with Crippen molar-refractivity contribution in [2.45, 2.75) is 0 Å². The molecule has 2 N–H and O–H groups in total. The van der Waals surface area contributed by atoms with E-state index in [2.05, 4.69) is 8.04 Å². The first-order chi connectivity index (χ1) is 7.15. The Kier molecular flexibility index (Phi) is 4.22. The molecule has 0 heterocycles. The van der Waals surface area contributed by atoms with Crippen LogP contribution in [-0.2, 0) is 0 Å². The summed E-state index contributed by atoms with van der Waals surface area (Å²) in [6, 6.07) is 5.94. The van der Waals surface area contributed by atoms with E-state index in [1.807, 2.05) is 0 Å². The molecule has 15 heavy (non-hydrogen) atoms. The minimum atomic E-state index is -1.14. The lowest BCUT2D eigenvalue weighted by molar-refractivity contribution is 0.0694. The van der Waals surface area contributed by atoms with Crippen molar-refractivity contribution in [2.75, 3.05) is 0 Å². The van der Waals surface area contributed by atoms with E-state index in [1.165, 1.54) is 12.1 Å². The molecule has 0 aliphatic heterocycles. The zero-order valence-corrected chi connectivity index (χ0v) is 9.72. The maximum absolute atomic E-state index is 11.0. The normalized spacial score (nSPS) is 9.33. The lowest BCUT2D eigenvalue weighted by Crippen LogP contribution is -2.19. The van der Waals surface area contributed by atoms with Crippen LogP contribution in [0, 0.1) is 0 Å². The van der Waals surface area contributed by atoms with Gasteiger partial charge in [0.1, 0.15) is 11.3 Å². The Morgan fingerprint density at radius 3 is 2.67 bits per heavy atom. The molecule has 1 rings (SSSR count). The van der Waals surface area contributed by atoms with Crippen molar-refractivity contribution in [3.05, 3.63) is 29.8 Å². The van der Waals surface area contributed by atoms with Gasteiger partial charge < -0.3 is 9.84 Å². The van der Waals surface area contributed by atoms with Crippen molar-refractivity contribution in [3.8, 4) is 5.75 Å². The predicted molar refractivity (Wildman–Crippen MR) is 63.7 cm³/mol. The van der Waals surface area contributed by atoms with Gasteiger partial charge in [-0.15, -0.1) is 0 Å². The van der Waals surface area contributed by atoms with Gasteiger partial charge in [-0.05, 0) is 37.7 Å². The number of ether oxygens (including phenoxy) is 1. The number of carboxylic acid groups (broad SMARTS) is 1.